The van der Waals surface area contributed by atoms with E-state index in [1.54, 1.807) is 0 Å². The number of fused-ring (bicyclic) bond motifs is 1. The van der Waals surface area contributed by atoms with Crippen LogP contribution in [-0.4, -0.2) is 15.4 Å². The zero-order valence-electron chi connectivity index (χ0n) is 13.6. The van der Waals surface area contributed by atoms with E-state index in [1.807, 2.05) is 36.8 Å². The maximum Gasteiger partial charge on any atom is 0.0998 e. The molecule has 1 aromatic heterocycles. The Morgan fingerprint density at radius 1 is 1.12 bits per heavy atom. The van der Waals surface area contributed by atoms with Crippen LogP contribution in [-0.2, 0) is 13.0 Å². The number of aryl methyl sites for hydroxylation is 1. The largest absolute Gasteiger partial charge is 0.330 e. The first-order valence-electron chi connectivity index (χ1n) is 8.28. The minimum atomic E-state index is 0.729. The van der Waals surface area contributed by atoms with Crippen molar-refractivity contribution in [3.05, 3.63) is 65.7 Å². The number of alkyl halides is 1. The van der Waals surface area contributed by atoms with E-state index in [4.69, 9.17) is 11.6 Å². The Morgan fingerprint density at radius 2 is 2.00 bits per heavy atom. The molecule has 0 saturated carbocycles. The van der Waals surface area contributed by atoms with Crippen molar-refractivity contribution in [3.8, 4) is 6.07 Å². The summed E-state index contributed by atoms with van der Waals surface area (Å²) in [6.45, 7) is 0.740. The van der Waals surface area contributed by atoms with Crippen molar-refractivity contribution in [2.45, 2.75) is 32.2 Å². The van der Waals surface area contributed by atoms with E-state index in [1.165, 1.54) is 5.69 Å². The minimum Gasteiger partial charge on any atom is -0.330 e. The second kappa shape index (κ2) is 7.99. The molecule has 3 aromatic rings. The molecule has 0 aliphatic rings. The Morgan fingerprint density at radius 3 is 2.83 bits per heavy atom. The fourth-order valence-corrected chi connectivity index (χ4v) is 3.22. The summed E-state index contributed by atoms with van der Waals surface area (Å²) in [7, 11) is 0. The van der Waals surface area contributed by atoms with Crippen molar-refractivity contribution < 1.29 is 0 Å². The second-order valence-electron chi connectivity index (χ2n) is 5.99. The number of aromatic nitrogens is 2. The Bertz CT molecular complexity index is 861. The summed E-state index contributed by atoms with van der Waals surface area (Å²) in [5, 5.41) is 11.5. The first kappa shape index (κ1) is 16.5. The van der Waals surface area contributed by atoms with Gasteiger partial charge in [-0.3, -0.25) is 0 Å². The van der Waals surface area contributed by atoms with Crippen LogP contribution in [0.25, 0.3) is 10.8 Å². The summed E-state index contributed by atoms with van der Waals surface area (Å²) in [6, 6.07) is 14.5. The van der Waals surface area contributed by atoms with Gasteiger partial charge in [0.2, 0.25) is 0 Å². The predicted molar refractivity (Wildman–Crippen MR) is 98.3 cm³/mol. The first-order chi connectivity index (χ1) is 11.8. The molecule has 0 radical (unpaired) electrons. The van der Waals surface area contributed by atoms with E-state index in [-0.39, 0.29) is 0 Å². The average Bonchev–Trinajstić information content (AvgIpc) is 3.05. The summed E-state index contributed by atoms with van der Waals surface area (Å²) < 4.78 is 2.17. The SMILES string of the molecule is N#Cc1cc(Cn2cncc2CCCCCCl)cc2ccccc12. The minimum absolute atomic E-state index is 0.729. The van der Waals surface area contributed by atoms with Gasteiger partial charge >= 0.3 is 0 Å². The third-order valence-corrected chi connectivity index (χ3v) is 4.53. The molecule has 3 rings (SSSR count). The molecule has 0 spiro atoms. The summed E-state index contributed by atoms with van der Waals surface area (Å²) in [6.07, 6.45) is 8.15. The third kappa shape index (κ3) is 3.77. The molecule has 0 amide bonds. The van der Waals surface area contributed by atoms with Crippen LogP contribution in [0, 0.1) is 11.3 Å². The van der Waals surface area contributed by atoms with Gasteiger partial charge in [-0.2, -0.15) is 5.26 Å². The van der Waals surface area contributed by atoms with E-state index < -0.39 is 0 Å². The zero-order chi connectivity index (χ0) is 16.8. The molecular formula is C20H20ClN3. The van der Waals surface area contributed by atoms with Gasteiger partial charge in [-0.25, -0.2) is 4.98 Å². The van der Waals surface area contributed by atoms with Crippen LogP contribution in [0.1, 0.15) is 36.1 Å². The van der Waals surface area contributed by atoms with Crippen LogP contribution in [0.3, 0.4) is 0 Å². The summed E-state index contributed by atoms with van der Waals surface area (Å²) in [4.78, 5) is 4.29. The molecule has 1 heterocycles. The molecule has 4 heteroatoms. The van der Waals surface area contributed by atoms with E-state index in [2.05, 4.69) is 27.8 Å². The first-order valence-corrected chi connectivity index (χ1v) is 8.82. The standard InChI is InChI=1S/C20H20ClN3/c21-9-5-1-2-7-19-13-23-15-24(19)14-16-10-17-6-3-4-8-20(17)18(11-16)12-22/h3-4,6,8,10-11,13,15H,1-2,5,7,9,14H2. The Hall–Kier alpha value is -2.31. The number of halogens is 1. The summed E-state index contributed by atoms with van der Waals surface area (Å²) in [5.74, 6) is 0.729. The van der Waals surface area contributed by atoms with E-state index in [0.717, 1.165) is 60.0 Å². The third-order valence-electron chi connectivity index (χ3n) is 4.26. The predicted octanol–water partition coefficient (Wildman–Crippen LogP) is 4.91. The maximum absolute atomic E-state index is 9.43. The van der Waals surface area contributed by atoms with Crippen molar-refractivity contribution in [1.82, 2.24) is 9.55 Å². The smallest absolute Gasteiger partial charge is 0.0998 e. The number of benzene rings is 2. The number of nitrogens with zero attached hydrogens (tertiary/aromatic N) is 3. The van der Waals surface area contributed by atoms with Gasteiger partial charge in [-0.1, -0.05) is 30.7 Å². The average molecular weight is 338 g/mol. The van der Waals surface area contributed by atoms with E-state index >= 15 is 0 Å². The molecule has 0 atom stereocenters. The lowest BCUT2D eigenvalue weighted by Gasteiger charge is -2.10. The molecule has 24 heavy (non-hydrogen) atoms. The van der Waals surface area contributed by atoms with Crippen molar-refractivity contribution in [1.29, 1.82) is 5.26 Å². The van der Waals surface area contributed by atoms with Crippen LogP contribution in [0.2, 0.25) is 0 Å². The number of hydrogen-bond donors (Lipinski definition) is 0. The van der Waals surface area contributed by atoms with E-state index in [0.29, 0.717) is 0 Å². The van der Waals surface area contributed by atoms with Gasteiger partial charge in [0, 0.05) is 24.3 Å². The fourth-order valence-electron chi connectivity index (χ4n) is 3.03. The van der Waals surface area contributed by atoms with Crippen LogP contribution in [0.15, 0.2) is 48.9 Å². The van der Waals surface area contributed by atoms with Crippen molar-refractivity contribution in [2.24, 2.45) is 0 Å². The second-order valence-corrected chi connectivity index (χ2v) is 6.37. The van der Waals surface area contributed by atoms with Crippen molar-refractivity contribution >= 4 is 22.4 Å². The topological polar surface area (TPSA) is 41.6 Å². The molecule has 0 N–H and O–H groups in total. The highest BCUT2D eigenvalue weighted by Crippen LogP contribution is 2.21. The Labute approximate surface area is 147 Å². The van der Waals surface area contributed by atoms with Crippen LogP contribution in [0.5, 0.6) is 0 Å². The quantitative estimate of drug-likeness (QED) is 0.454. The van der Waals surface area contributed by atoms with Crippen molar-refractivity contribution in [2.75, 3.05) is 5.88 Å². The number of imidazole rings is 1. The van der Waals surface area contributed by atoms with Crippen molar-refractivity contribution in [3.63, 3.8) is 0 Å². The molecule has 0 aliphatic heterocycles. The van der Waals surface area contributed by atoms with Gasteiger partial charge in [0.1, 0.15) is 0 Å². The lowest BCUT2D eigenvalue weighted by molar-refractivity contribution is 0.668. The molecule has 0 unspecified atom stereocenters. The molecule has 0 saturated heterocycles. The molecular weight excluding hydrogens is 318 g/mol. The van der Waals surface area contributed by atoms with Crippen LogP contribution < -0.4 is 0 Å². The highest BCUT2D eigenvalue weighted by atomic mass is 35.5. The molecule has 0 fully saturated rings. The summed E-state index contributed by atoms with van der Waals surface area (Å²) in [5.41, 5.74) is 3.09. The van der Waals surface area contributed by atoms with Gasteiger partial charge in [0.05, 0.1) is 18.0 Å². The van der Waals surface area contributed by atoms with Gasteiger partial charge in [0.15, 0.2) is 0 Å². The fraction of sp³-hybridized carbons (Fsp3) is 0.300. The molecule has 0 aliphatic carbocycles. The molecule has 2 aromatic carbocycles. The number of hydrogen-bond acceptors (Lipinski definition) is 2. The Balaban J connectivity index is 1.81. The lowest BCUT2D eigenvalue weighted by Crippen LogP contribution is -2.04. The molecule has 122 valence electrons. The zero-order valence-corrected chi connectivity index (χ0v) is 14.3. The number of rotatable bonds is 7. The van der Waals surface area contributed by atoms with E-state index in [9.17, 15) is 5.26 Å². The van der Waals surface area contributed by atoms with Crippen LogP contribution in [0.4, 0.5) is 0 Å². The highest BCUT2D eigenvalue weighted by Gasteiger charge is 2.07. The number of unbranched alkanes of at least 4 members (excludes halogenated alkanes) is 2. The van der Waals surface area contributed by atoms with Gasteiger partial charge in [-0.05, 0) is 47.7 Å². The molecule has 3 nitrogen and oxygen atoms in total. The molecule has 0 bridgehead atoms. The van der Waals surface area contributed by atoms with Gasteiger partial charge in [0.25, 0.3) is 0 Å². The lowest BCUT2D eigenvalue weighted by atomic mass is 10.0. The monoisotopic (exact) mass is 337 g/mol. The number of nitriles is 1. The Kier molecular flexibility index (Phi) is 5.51. The maximum atomic E-state index is 9.43. The summed E-state index contributed by atoms with van der Waals surface area (Å²) >= 11 is 5.73. The van der Waals surface area contributed by atoms with Gasteiger partial charge < -0.3 is 4.57 Å². The van der Waals surface area contributed by atoms with Crippen LogP contribution >= 0.6 is 11.6 Å². The highest BCUT2D eigenvalue weighted by molar-refractivity contribution is 6.17. The van der Waals surface area contributed by atoms with Gasteiger partial charge in [-0.15, -0.1) is 11.6 Å². The normalized spacial score (nSPS) is 10.8.